The first-order chi connectivity index (χ1) is 9.13. The van der Waals surface area contributed by atoms with Crippen LogP contribution in [0.3, 0.4) is 0 Å². The Labute approximate surface area is 113 Å². The highest BCUT2D eigenvalue weighted by Crippen LogP contribution is 2.19. The number of amides is 2. The molecule has 1 aliphatic rings. The number of nitrogens with zero attached hydrogens (tertiary/aromatic N) is 2. The molecular formula is C14H19N3O2. The number of carbonyl (C=O) groups excluding carboxylic acids is 2. The van der Waals surface area contributed by atoms with Crippen molar-refractivity contribution in [2.24, 2.45) is 0 Å². The number of piperidine rings is 1. The van der Waals surface area contributed by atoms with E-state index < -0.39 is 0 Å². The van der Waals surface area contributed by atoms with Gasteiger partial charge in [0.1, 0.15) is 0 Å². The highest BCUT2D eigenvalue weighted by Gasteiger charge is 2.26. The second kappa shape index (κ2) is 5.73. The van der Waals surface area contributed by atoms with Crippen molar-refractivity contribution in [2.45, 2.75) is 18.9 Å². The van der Waals surface area contributed by atoms with E-state index in [1.807, 2.05) is 12.1 Å². The predicted molar refractivity (Wildman–Crippen MR) is 73.6 cm³/mol. The molecule has 0 spiro atoms. The van der Waals surface area contributed by atoms with Crippen LogP contribution in [0.2, 0.25) is 0 Å². The highest BCUT2D eigenvalue weighted by molar-refractivity contribution is 5.99. The van der Waals surface area contributed by atoms with Gasteiger partial charge in [0.2, 0.25) is 6.41 Å². The van der Waals surface area contributed by atoms with Crippen LogP contribution >= 0.6 is 0 Å². The van der Waals surface area contributed by atoms with Crippen LogP contribution in [0.25, 0.3) is 0 Å². The Morgan fingerprint density at radius 2 is 2.00 bits per heavy atom. The molecule has 0 saturated carbocycles. The number of para-hydroxylation sites is 1. The molecule has 0 bridgehead atoms. The zero-order chi connectivity index (χ0) is 13.8. The van der Waals surface area contributed by atoms with Crippen LogP contribution in [0.4, 0.5) is 5.69 Å². The fourth-order valence-corrected chi connectivity index (χ4v) is 2.42. The van der Waals surface area contributed by atoms with Crippen molar-refractivity contribution in [2.75, 3.05) is 25.9 Å². The maximum absolute atomic E-state index is 12.3. The zero-order valence-corrected chi connectivity index (χ0v) is 11.1. The molecule has 5 nitrogen and oxygen atoms in total. The molecule has 1 fully saturated rings. The maximum atomic E-state index is 12.3. The number of hydrogen-bond acceptors (Lipinski definition) is 3. The minimum atomic E-state index is -0.0229. The largest absolute Gasteiger partial charge is 0.398 e. The molecule has 0 unspecified atom stereocenters. The third kappa shape index (κ3) is 2.86. The van der Waals surface area contributed by atoms with Crippen molar-refractivity contribution >= 4 is 18.0 Å². The van der Waals surface area contributed by atoms with Crippen molar-refractivity contribution in [1.82, 2.24) is 9.80 Å². The highest BCUT2D eigenvalue weighted by atomic mass is 16.2. The van der Waals surface area contributed by atoms with Crippen molar-refractivity contribution in [3.05, 3.63) is 29.8 Å². The minimum Gasteiger partial charge on any atom is -0.398 e. The van der Waals surface area contributed by atoms with Crippen LogP contribution in [-0.2, 0) is 4.79 Å². The number of rotatable bonds is 3. The Bertz CT molecular complexity index is 468. The second-order valence-electron chi connectivity index (χ2n) is 4.88. The molecule has 1 heterocycles. The van der Waals surface area contributed by atoms with Gasteiger partial charge in [0.15, 0.2) is 0 Å². The third-order valence-corrected chi connectivity index (χ3v) is 3.69. The van der Waals surface area contributed by atoms with E-state index in [9.17, 15) is 9.59 Å². The molecule has 1 aromatic rings. The number of anilines is 1. The van der Waals surface area contributed by atoms with Gasteiger partial charge in [0, 0.05) is 31.9 Å². The number of benzene rings is 1. The standard InChI is InChI=1S/C14H19N3O2/c1-16(10-18)11-6-8-17(9-7-11)14(19)12-4-2-3-5-13(12)15/h2-5,10-11H,6-9,15H2,1H3. The summed E-state index contributed by atoms with van der Waals surface area (Å²) in [5.74, 6) is -0.0229. The van der Waals surface area contributed by atoms with Gasteiger partial charge in [-0.25, -0.2) is 0 Å². The number of likely N-dealkylation sites (tertiary alicyclic amines) is 1. The molecule has 2 amide bonds. The number of nitrogens with two attached hydrogens (primary N) is 1. The van der Waals surface area contributed by atoms with Crippen LogP contribution in [0, 0.1) is 0 Å². The van der Waals surface area contributed by atoms with E-state index in [4.69, 9.17) is 5.73 Å². The van der Waals surface area contributed by atoms with Crippen LogP contribution in [0.1, 0.15) is 23.2 Å². The van der Waals surface area contributed by atoms with Gasteiger partial charge >= 0.3 is 0 Å². The molecule has 0 atom stereocenters. The lowest BCUT2D eigenvalue weighted by Crippen LogP contribution is -2.45. The topological polar surface area (TPSA) is 66.6 Å². The second-order valence-corrected chi connectivity index (χ2v) is 4.88. The summed E-state index contributed by atoms with van der Waals surface area (Å²) in [4.78, 5) is 26.5. The number of nitrogen functional groups attached to an aromatic ring is 1. The first kappa shape index (κ1) is 13.4. The molecule has 1 saturated heterocycles. The number of carbonyl (C=O) groups is 2. The van der Waals surface area contributed by atoms with Crippen molar-refractivity contribution in [3.8, 4) is 0 Å². The third-order valence-electron chi connectivity index (χ3n) is 3.69. The van der Waals surface area contributed by atoms with E-state index in [-0.39, 0.29) is 11.9 Å². The SMILES string of the molecule is CN(C=O)C1CCN(C(=O)c2ccccc2N)CC1. The molecule has 0 aromatic heterocycles. The van der Waals surface area contributed by atoms with E-state index in [1.54, 1.807) is 29.0 Å². The van der Waals surface area contributed by atoms with Gasteiger partial charge in [0.25, 0.3) is 5.91 Å². The lowest BCUT2D eigenvalue weighted by molar-refractivity contribution is -0.119. The van der Waals surface area contributed by atoms with E-state index >= 15 is 0 Å². The summed E-state index contributed by atoms with van der Waals surface area (Å²) in [5, 5.41) is 0. The molecule has 19 heavy (non-hydrogen) atoms. The molecule has 0 aliphatic carbocycles. The molecule has 5 heteroatoms. The summed E-state index contributed by atoms with van der Waals surface area (Å²) in [6, 6.07) is 7.35. The molecule has 102 valence electrons. The Kier molecular flexibility index (Phi) is 4.04. The first-order valence-electron chi connectivity index (χ1n) is 6.44. The van der Waals surface area contributed by atoms with Gasteiger partial charge in [0.05, 0.1) is 5.56 Å². The fourth-order valence-electron chi connectivity index (χ4n) is 2.42. The summed E-state index contributed by atoms with van der Waals surface area (Å²) in [5.41, 5.74) is 6.90. The van der Waals surface area contributed by atoms with Crippen LogP contribution in [0.15, 0.2) is 24.3 Å². The smallest absolute Gasteiger partial charge is 0.255 e. The summed E-state index contributed by atoms with van der Waals surface area (Å²) in [6.07, 6.45) is 2.47. The van der Waals surface area contributed by atoms with Crippen LogP contribution < -0.4 is 5.73 Å². The summed E-state index contributed by atoms with van der Waals surface area (Å²) in [7, 11) is 1.78. The Balaban J connectivity index is 2.00. The lowest BCUT2D eigenvalue weighted by atomic mass is 10.0. The van der Waals surface area contributed by atoms with Crippen molar-refractivity contribution in [3.63, 3.8) is 0 Å². The Hall–Kier alpha value is -2.04. The maximum Gasteiger partial charge on any atom is 0.255 e. The van der Waals surface area contributed by atoms with Gasteiger partial charge in [-0.3, -0.25) is 9.59 Å². The van der Waals surface area contributed by atoms with Gasteiger partial charge in [-0.1, -0.05) is 12.1 Å². The predicted octanol–water partition coefficient (Wildman–Crippen LogP) is 0.962. The first-order valence-corrected chi connectivity index (χ1v) is 6.44. The van der Waals surface area contributed by atoms with E-state index in [0.29, 0.717) is 24.3 Å². The van der Waals surface area contributed by atoms with E-state index in [1.165, 1.54) is 0 Å². The Morgan fingerprint density at radius 3 is 2.58 bits per heavy atom. The summed E-state index contributed by atoms with van der Waals surface area (Å²) in [6.45, 7) is 1.33. The Morgan fingerprint density at radius 1 is 1.37 bits per heavy atom. The van der Waals surface area contributed by atoms with E-state index in [2.05, 4.69) is 0 Å². The van der Waals surface area contributed by atoms with Crippen molar-refractivity contribution in [1.29, 1.82) is 0 Å². The quantitative estimate of drug-likeness (QED) is 0.651. The zero-order valence-electron chi connectivity index (χ0n) is 11.1. The molecule has 1 aliphatic heterocycles. The normalized spacial score (nSPS) is 16.2. The van der Waals surface area contributed by atoms with Crippen LogP contribution in [0.5, 0.6) is 0 Å². The van der Waals surface area contributed by atoms with Gasteiger partial charge in [-0.15, -0.1) is 0 Å². The van der Waals surface area contributed by atoms with Gasteiger partial charge in [-0.05, 0) is 25.0 Å². The lowest BCUT2D eigenvalue weighted by Gasteiger charge is -2.35. The monoisotopic (exact) mass is 261 g/mol. The fraction of sp³-hybridized carbons (Fsp3) is 0.429. The van der Waals surface area contributed by atoms with Crippen molar-refractivity contribution < 1.29 is 9.59 Å². The average Bonchev–Trinajstić information content (AvgIpc) is 2.46. The molecular weight excluding hydrogens is 242 g/mol. The summed E-state index contributed by atoms with van der Waals surface area (Å²) < 4.78 is 0. The molecule has 1 aromatic carbocycles. The van der Waals surface area contributed by atoms with Gasteiger partial charge in [-0.2, -0.15) is 0 Å². The molecule has 0 radical (unpaired) electrons. The molecule has 2 rings (SSSR count). The van der Waals surface area contributed by atoms with Crippen LogP contribution in [-0.4, -0.2) is 48.3 Å². The minimum absolute atomic E-state index is 0.0229. The van der Waals surface area contributed by atoms with E-state index in [0.717, 1.165) is 19.3 Å². The average molecular weight is 261 g/mol. The molecule has 2 N–H and O–H groups in total. The van der Waals surface area contributed by atoms with Gasteiger partial charge < -0.3 is 15.5 Å². The summed E-state index contributed by atoms with van der Waals surface area (Å²) >= 11 is 0. The number of hydrogen-bond donors (Lipinski definition) is 1.